The lowest BCUT2D eigenvalue weighted by molar-refractivity contribution is 0.244. The van der Waals surface area contributed by atoms with Crippen molar-refractivity contribution in [2.45, 2.75) is 19.5 Å². The van der Waals surface area contributed by atoms with E-state index in [1.165, 1.54) is 6.07 Å². The number of nitrogens with one attached hydrogen (secondary N) is 1. The lowest BCUT2D eigenvalue weighted by Crippen LogP contribution is -2.35. The molecule has 0 unspecified atom stereocenters. The Balaban J connectivity index is 1.34. The standard InChI is InChI=1S/C22H18FN3O2S/c23-17-5-2-1-4-15(17)20-8-7-14(29-20)12-26-10-9-18-16(13-26)22(27)25-21(24-18)19-6-3-11-28-19/h1-8,11H,9-10,12-13H2,(H,24,25,27). The first kappa shape index (κ1) is 18.0. The summed E-state index contributed by atoms with van der Waals surface area (Å²) in [5.41, 5.74) is 2.04. The van der Waals surface area contributed by atoms with Crippen LogP contribution in [0.5, 0.6) is 0 Å². The maximum Gasteiger partial charge on any atom is 0.256 e. The highest BCUT2D eigenvalue weighted by molar-refractivity contribution is 7.15. The zero-order valence-electron chi connectivity index (χ0n) is 15.5. The predicted octanol–water partition coefficient (Wildman–Crippen LogP) is 4.46. The van der Waals surface area contributed by atoms with Crippen molar-refractivity contribution in [3.05, 3.63) is 87.1 Å². The van der Waals surface area contributed by atoms with E-state index in [-0.39, 0.29) is 11.4 Å². The molecule has 0 radical (unpaired) electrons. The molecule has 1 aliphatic rings. The normalized spacial score (nSPS) is 14.1. The number of thiophene rings is 1. The van der Waals surface area contributed by atoms with Gasteiger partial charge in [-0.25, -0.2) is 9.37 Å². The Morgan fingerprint density at radius 1 is 1.17 bits per heavy atom. The Kier molecular flexibility index (Phi) is 4.61. The summed E-state index contributed by atoms with van der Waals surface area (Å²) in [5.74, 6) is 0.823. The van der Waals surface area contributed by atoms with Gasteiger partial charge in [-0.15, -0.1) is 11.3 Å². The summed E-state index contributed by atoms with van der Waals surface area (Å²) in [6.45, 7) is 2.08. The minimum absolute atomic E-state index is 0.121. The van der Waals surface area contributed by atoms with Crippen LogP contribution >= 0.6 is 11.3 Å². The second-order valence-electron chi connectivity index (χ2n) is 7.02. The van der Waals surface area contributed by atoms with Crippen LogP contribution < -0.4 is 5.56 Å². The number of fused-ring (bicyclic) bond motifs is 1. The summed E-state index contributed by atoms with van der Waals surface area (Å²) in [6, 6.07) is 14.4. The fraction of sp³-hybridized carbons (Fsp3) is 0.182. The number of aromatic amines is 1. The summed E-state index contributed by atoms with van der Waals surface area (Å²) in [7, 11) is 0. The average molecular weight is 407 g/mol. The van der Waals surface area contributed by atoms with Crippen LogP contribution in [-0.4, -0.2) is 21.4 Å². The Bertz CT molecular complexity index is 1210. The van der Waals surface area contributed by atoms with E-state index in [2.05, 4.69) is 14.9 Å². The second kappa shape index (κ2) is 7.42. The third-order valence-corrected chi connectivity index (χ3v) is 6.19. The Hall–Kier alpha value is -3.03. The van der Waals surface area contributed by atoms with Crippen LogP contribution in [0.2, 0.25) is 0 Å². The van der Waals surface area contributed by atoms with Crippen LogP contribution in [0.4, 0.5) is 4.39 Å². The number of furan rings is 1. The highest BCUT2D eigenvalue weighted by Gasteiger charge is 2.22. The zero-order chi connectivity index (χ0) is 19.8. The van der Waals surface area contributed by atoms with Crippen molar-refractivity contribution < 1.29 is 8.81 Å². The molecule has 1 aliphatic heterocycles. The molecule has 0 saturated carbocycles. The van der Waals surface area contributed by atoms with Gasteiger partial charge in [-0.2, -0.15) is 0 Å². The molecule has 0 amide bonds. The van der Waals surface area contributed by atoms with Crippen molar-refractivity contribution in [3.8, 4) is 22.0 Å². The van der Waals surface area contributed by atoms with Crippen LogP contribution in [0.25, 0.3) is 22.0 Å². The monoisotopic (exact) mass is 407 g/mol. The summed E-state index contributed by atoms with van der Waals surface area (Å²) < 4.78 is 19.4. The van der Waals surface area contributed by atoms with Crippen LogP contribution in [0.1, 0.15) is 16.1 Å². The molecule has 29 heavy (non-hydrogen) atoms. The minimum atomic E-state index is -0.210. The van der Waals surface area contributed by atoms with Crippen molar-refractivity contribution in [1.82, 2.24) is 14.9 Å². The third kappa shape index (κ3) is 3.54. The molecule has 1 aromatic carbocycles. The Labute approximate surface area is 170 Å². The molecule has 4 heterocycles. The van der Waals surface area contributed by atoms with Gasteiger partial charge >= 0.3 is 0 Å². The first-order valence-corrected chi connectivity index (χ1v) is 10.2. The van der Waals surface area contributed by atoms with E-state index in [9.17, 15) is 9.18 Å². The van der Waals surface area contributed by atoms with Crippen LogP contribution in [-0.2, 0) is 19.5 Å². The molecule has 0 fully saturated rings. The van der Waals surface area contributed by atoms with Gasteiger partial charge < -0.3 is 9.40 Å². The molecule has 0 spiro atoms. The lowest BCUT2D eigenvalue weighted by Gasteiger charge is -2.27. The van der Waals surface area contributed by atoms with Gasteiger partial charge in [-0.1, -0.05) is 18.2 Å². The highest BCUT2D eigenvalue weighted by atomic mass is 32.1. The maximum atomic E-state index is 14.0. The first-order valence-electron chi connectivity index (χ1n) is 9.39. The van der Waals surface area contributed by atoms with Crippen molar-refractivity contribution in [2.75, 3.05) is 6.54 Å². The number of hydrogen-bond acceptors (Lipinski definition) is 5. The molecule has 4 aromatic rings. The largest absolute Gasteiger partial charge is 0.461 e. The smallest absolute Gasteiger partial charge is 0.256 e. The average Bonchev–Trinajstić information content (AvgIpc) is 3.41. The van der Waals surface area contributed by atoms with Gasteiger partial charge in [-0.05, 0) is 30.3 Å². The molecular formula is C22H18FN3O2S. The topological polar surface area (TPSA) is 62.1 Å². The van der Waals surface area contributed by atoms with E-state index >= 15 is 0 Å². The number of benzene rings is 1. The molecular weight excluding hydrogens is 389 g/mol. The van der Waals surface area contributed by atoms with Crippen molar-refractivity contribution >= 4 is 11.3 Å². The fourth-order valence-electron chi connectivity index (χ4n) is 3.63. The Morgan fingerprint density at radius 2 is 2.07 bits per heavy atom. The van der Waals surface area contributed by atoms with Crippen molar-refractivity contribution in [3.63, 3.8) is 0 Å². The molecule has 0 saturated heterocycles. The number of H-pyrrole nitrogens is 1. The van der Waals surface area contributed by atoms with E-state index < -0.39 is 0 Å². The van der Waals surface area contributed by atoms with Gasteiger partial charge in [0.05, 0.1) is 17.5 Å². The highest BCUT2D eigenvalue weighted by Crippen LogP contribution is 2.31. The number of nitrogens with zero attached hydrogens (tertiary/aromatic N) is 2. The summed E-state index contributed by atoms with van der Waals surface area (Å²) in [6.07, 6.45) is 2.27. The van der Waals surface area contributed by atoms with Crippen molar-refractivity contribution in [1.29, 1.82) is 0 Å². The Morgan fingerprint density at radius 3 is 2.90 bits per heavy atom. The summed E-state index contributed by atoms with van der Waals surface area (Å²) in [4.78, 5) is 24.3. The van der Waals surface area contributed by atoms with E-state index in [0.29, 0.717) is 35.7 Å². The minimum Gasteiger partial charge on any atom is -0.461 e. The van der Waals surface area contributed by atoms with Gasteiger partial charge in [-0.3, -0.25) is 9.69 Å². The predicted molar refractivity (Wildman–Crippen MR) is 110 cm³/mol. The van der Waals surface area contributed by atoms with E-state index in [1.807, 2.05) is 18.2 Å². The second-order valence-corrected chi connectivity index (χ2v) is 8.19. The van der Waals surface area contributed by atoms with Gasteiger partial charge in [0.2, 0.25) is 0 Å². The van der Waals surface area contributed by atoms with Crippen LogP contribution in [0.15, 0.2) is 64.0 Å². The molecule has 146 valence electrons. The van der Waals surface area contributed by atoms with Crippen molar-refractivity contribution in [2.24, 2.45) is 0 Å². The number of aromatic nitrogens is 2. The summed E-state index contributed by atoms with van der Waals surface area (Å²) >= 11 is 1.58. The summed E-state index contributed by atoms with van der Waals surface area (Å²) in [5, 5.41) is 0. The molecule has 5 nitrogen and oxygen atoms in total. The maximum absolute atomic E-state index is 14.0. The van der Waals surface area contributed by atoms with E-state index in [1.54, 1.807) is 41.9 Å². The molecule has 1 N–H and O–H groups in total. The van der Waals surface area contributed by atoms with Gasteiger partial charge in [0.15, 0.2) is 11.6 Å². The van der Waals surface area contributed by atoms with Gasteiger partial charge in [0.1, 0.15) is 5.82 Å². The fourth-order valence-corrected chi connectivity index (χ4v) is 4.71. The molecule has 0 aliphatic carbocycles. The number of rotatable bonds is 4. The third-order valence-electron chi connectivity index (χ3n) is 5.08. The quantitative estimate of drug-likeness (QED) is 0.543. The number of hydrogen-bond donors (Lipinski definition) is 1. The molecule has 0 bridgehead atoms. The molecule has 7 heteroatoms. The lowest BCUT2D eigenvalue weighted by atomic mass is 10.1. The SMILES string of the molecule is O=c1[nH]c(-c2ccco2)nc2c1CN(Cc1ccc(-c3ccccc3F)s1)CC2. The zero-order valence-corrected chi connectivity index (χ0v) is 16.3. The van der Waals surface area contributed by atoms with Crippen LogP contribution in [0.3, 0.4) is 0 Å². The first-order chi connectivity index (χ1) is 14.2. The van der Waals surface area contributed by atoms with Gasteiger partial charge in [0.25, 0.3) is 5.56 Å². The van der Waals surface area contributed by atoms with E-state index in [0.717, 1.165) is 28.5 Å². The van der Waals surface area contributed by atoms with Gasteiger partial charge in [0, 0.05) is 41.4 Å². The van der Waals surface area contributed by atoms with E-state index in [4.69, 9.17) is 4.42 Å². The molecule has 5 rings (SSSR count). The number of halogens is 1. The molecule has 3 aromatic heterocycles. The van der Waals surface area contributed by atoms with Crippen LogP contribution in [0, 0.1) is 5.82 Å². The molecule has 0 atom stereocenters.